The van der Waals surface area contributed by atoms with E-state index in [0.717, 1.165) is 6.54 Å². The van der Waals surface area contributed by atoms with Crippen LogP contribution in [0.3, 0.4) is 0 Å². The minimum absolute atomic E-state index is 0.0754. The molecule has 1 rings (SSSR count). The second-order valence-corrected chi connectivity index (χ2v) is 4.89. The van der Waals surface area contributed by atoms with Gasteiger partial charge in [-0.2, -0.15) is 5.26 Å². The molecular weight excluding hydrogens is 206 g/mol. The summed E-state index contributed by atoms with van der Waals surface area (Å²) in [4.78, 5) is 13.5. The van der Waals surface area contributed by atoms with E-state index >= 15 is 0 Å². The number of nitriles is 1. The maximum atomic E-state index is 11.9. The predicted molar refractivity (Wildman–Crippen MR) is 59.8 cm³/mol. The Kier molecular flexibility index (Phi) is 4.13. The molecule has 0 spiro atoms. The van der Waals surface area contributed by atoms with Gasteiger partial charge in [0.25, 0.3) is 0 Å². The highest BCUT2D eigenvalue weighted by Crippen LogP contribution is 2.14. The van der Waals surface area contributed by atoms with Crippen molar-refractivity contribution in [1.82, 2.24) is 10.2 Å². The van der Waals surface area contributed by atoms with E-state index in [1.165, 1.54) is 0 Å². The number of amides is 1. The maximum absolute atomic E-state index is 11.9. The highest BCUT2D eigenvalue weighted by Gasteiger charge is 2.29. The minimum Gasteiger partial charge on any atom is -0.444 e. The molecule has 1 aliphatic rings. The van der Waals surface area contributed by atoms with E-state index in [-0.39, 0.29) is 12.1 Å². The normalized spacial score (nSPS) is 21.4. The van der Waals surface area contributed by atoms with E-state index in [1.54, 1.807) is 4.90 Å². The molecule has 0 aromatic rings. The highest BCUT2D eigenvalue weighted by atomic mass is 16.6. The molecule has 0 radical (unpaired) electrons. The van der Waals surface area contributed by atoms with Crippen LogP contribution in [0, 0.1) is 11.3 Å². The Morgan fingerprint density at radius 3 is 2.88 bits per heavy atom. The van der Waals surface area contributed by atoms with Gasteiger partial charge in [-0.15, -0.1) is 0 Å². The summed E-state index contributed by atoms with van der Waals surface area (Å²) in [5.74, 6) is 0. The SMILES string of the molecule is CC(C)(C)OC(=O)N1CCNC[C@@H]1CC#N. The largest absolute Gasteiger partial charge is 0.444 e. The van der Waals surface area contributed by atoms with Crippen LogP contribution < -0.4 is 5.32 Å². The molecular formula is C11H19N3O2. The molecule has 0 bridgehead atoms. The number of hydrogen-bond donors (Lipinski definition) is 1. The third-order valence-electron chi connectivity index (χ3n) is 2.31. The van der Waals surface area contributed by atoms with Crippen molar-refractivity contribution in [2.24, 2.45) is 0 Å². The Hall–Kier alpha value is -1.28. The van der Waals surface area contributed by atoms with Gasteiger partial charge in [-0.25, -0.2) is 4.79 Å². The Morgan fingerprint density at radius 1 is 1.62 bits per heavy atom. The maximum Gasteiger partial charge on any atom is 0.410 e. The second kappa shape index (κ2) is 5.17. The van der Waals surface area contributed by atoms with E-state index in [1.807, 2.05) is 20.8 Å². The first-order chi connectivity index (χ1) is 7.44. The molecule has 1 amide bonds. The van der Waals surface area contributed by atoms with Gasteiger partial charge < -0.3 is 15.0 Å². The number of nitrogens with one attached hydrogen (secondary N) is 1. The average molecular weight is 225 g/mol. The summed E-state index contributed by atoms with van der Waals surface area (Å²) < 4.78 is 5.30. The number of carbonyl (C=O) groups excluding carboxylic acids is 1. The zero-order valence-electron chi connectivity index (χ0n) is 10.1. The standard InChI is InChI=1S/C11H19N3O2/c1-11(2,3)16-10(15)14-7-6-13-8-9(14)4-5-12/h9,13H,4,6-8H2,1-3H3/t9-/m0/s1. The molecule has 0 unspecified atom stereocenters. The third kappa shape index (κ3) is 3.70. The summed E-state index contributed by atoms with van der Waals surface area (Å²) in [7, 11) is 0. The smallest absolute Gasteiger partial charge is 0.410 e. The zero-order valence-corrected chi connectivity index (χ0v) is 10.1. The molecule has 16 heavy (non-hydrogen) atoms. The summed E-state index contributed by atoms with van der Waals surface area (Å²) in [5.41, 5.74) is -0.487. The van der Waals surface area contributed by atoms with Gasteiger partial charge in [-0.3, -0.25) is 0 Å². The van der Waals surface area contributed by atoms with Crippen LogP contribution in [-0.4, -0.2) is 42.3 Å². The van der Waals surface area contributed by atoms with Gasteiger partial charge in [-0.05, 0) is 20.8 Å². The quantitative estimate of drug-likeness (QED) is 0.726. The summed E-state index contributed by atoms with van der Waals surface area (Å²) in [5, 5.41) is 11.9. The fourth-order valence-corrected chi connectivity index (χ4v) is 1.61. The van der Waals surface area contributed by atoms with Gasteiger partial charge in [-0.1, -0.05) is 0 Å². The van der Waals surface area contributed by atoms with Crippen molar-refractivity contribution < 1.29 is 9.53 Å². The van der Waals surface area contributed by atoms with Crippen molar-refractivity contribution in [2.45, 2.75) is 38.8 Å². The van der Waals surface area contributed by atoms with Crippen molar-refractivity contribution in [2.75, 3.05) is 19.6 Å². The van der Waals surface area contributed by atoms with Gasteiger partial charge in [0, 0.05) is 19.6 Å². The molecule has 1 atom stereocenters. The number of nitrogens with zero attached hydrogens (tertiary/aromatic N) is 2. The van der Waals surface area contributed by atoms with Crippen LogP contribution in [0.2, 0.25) is 0 Å². The van der Waals surface area contributed by atoms with Gasteiger partial charge in [0.2, 0.25) is 0 Å². The molecule has 1 fully saturated rings. The Morgan fingerprint density at radius 2 is 2.31 bits per heavy atom. The van der Waals surface area contributed by atoms with Crippen LogP contribution in [0.5, 0.6) is 0 Å². The van der Waals surface area contributed by atoms with Crippen LogP contribution in [0.15, 0.2) is 0 Å². The van der Waals surface area contributed by atoms with Gasteiger partial charge >= 0.3 is 6.09 Å². The van der Waals surface area contributed by atoms with Crippen LogP contribution in [0.4, 0.5) is 4.79 Å². The first-order valence-electron chi connectivity index (χ1n) is 5.51. The number of hydrogen-bond acceptors (Lipinski definition) is 4. The summed E-state index contributed by atoms with van der Waals surface area (Å²) >= 11 is 0. The molecule has 0 saturated carbocycles. The van der Waals surface area contributed by atoms with Crippen molar-refractivity contribution in [3.05, 3.63) is 0 Å². The highest BCUT2D eigenvalue weighted by molar-refractivity contribution is 5.68. The lowest BCUT2D eigenvalue weighted by molar-refractivity contribution is 0.0126. The van der Waals surface area contributed by atoms with Gasteiger partial charge in [0.1, 0.15) is 5.60 Å². The lowest BCUT2D eigenvalue weighted by atomic mass is 10.1. The lowest BCUT2D eigenvalue weighted by Gasteiger charge is -2.36. The average Bonchev–Trinajstić information content (AvgIpc) is 2.16. The van der Waals surface area contributed by atoms with E-state index in [2.05, 4.69) is 11.4 Å². The zero-order chi connectivity index (χ0) is 12.2. The molecule has 1 N–H and O–H groups in total. The molecule has 0 aromatic carbocycles. The lowest BCUT2D eigenvalue weighted by Crippen LogP contribution is -2.54. The first-order valence-corrected chi connectivity index (χ1v) is 5.51. The number of rotatable bonds is 1. The Bertz CT molecular complexity index is 291. The predicted octanol–water partition coefficient (Wildman–Crippen LogP) is 1.11. The van der Waals surface area contributed by atoms with Crippen LogP contribution in [-0.2, 0) is 4.74 Å². The Labute approximate surface area is 96.4 Å². The van der Waals surface area contributed by atoms with Crippen molar-refractivity contribution in [3.8, 4) is 6.07 Å². The molecule has 0 aromatic heterocycles. The fourth-order valence-electron chi connectivity index (χ4n) is 1.61. The molecule has 5 nitrogen and oxygen atoms in total. The van der Waals surface area contributed by atoms with Crippen molar-refractivity contribution in [1.29, 1.82) is 5.26 Å². The van der Waals surface area contributed by atoms with E-state index in [9.17, 15) is 4.79 Å². The molecule has 1 heterocycles. The number of ether oxygens (including phenoxy) is 1. The van der Waals surface area contributed by atoms with Crippen molar-refractivity contribution >= 4 is 6.09 Å². The second-order valence-electron chi connectivity index (χ2n) is 4.89. The summed E-state index contributed by atoms with van der Waals surface area (Å²) in [6.07, 6.45) is 0.0148. The minimum atomic E-state index is -0.487. The number of piperazine rings is 1. The van der Waals surface area contributed by atoms with E-state index in [4.69, 9.17) is 10.00 Å². The molecule has 0 aliphatic carbocycles. The monoisotopic (exact) mass is 225 g/mol. The summed E-state index contributed by atoms with van der Waals surface area (Å²) in [6, 6.07) is 2.02. The third-order valence-corrected chi connectivity index (χ3v) is 2.31. The van der Waals surface area contributed by atoms with E-state index < -0.39 is 5.60 Å². The Balaban J connectivity index is 2.61. The van der Waals surface area contributed by atoms with Crippen LogP contribution in [0.25, 0.3) is 0 Å². The molecule has 90 valence electrons. The molecule has 1 aliphatic heterocycles. The topological polar surface area (TPSA) is 65.4 Å². The first kappa shape index (κ1) is 12.8. The van der Waals surface area contributed by atoms with Crippen molar-refractivity contribution in [3.63, 3.8) is 0 Å². The number of carbonyl (C=O) groups is 1. The van der Waals surface area contributed by atoms with Gasteiger partial charge in [0.15, 0.2) is 0 Å². The van der Waals surface area contributed by atoms with Gasteiger partial charge in [0.05, 0.1) is 18.5 Å². The molecule has 5 heteroatoms. The van der Waals surface area contributed by atoms with Crippen LogP contribution >= 0.6 is 0 Å². The fraction of sp³-hybridized carbons (Fsp3) is 0.818. The van der Waals surface area contributed by atoms with Crippen LogP contribution in [0.1, 0.15) is 27.2 Å². The van der Waals surface area contributed by atoms with E-state index in [0.29, 0.717) is 19.5 Å². The summed E-state index contributed by atoms with van der Waals surface area (Å²) in [6.45, 7) is 7.53. The molecule has 1 saturated heterocycles.